The van der Waals surface area contributed by atoms with Gasteiger partial charge >= 0.3 is 0 Å². The van der Waals surface area contributed by atoms with E-state index in [-0.39, 0.29) is 24.2 Å². The van der Waals surface area contributed by atoms with Crippen LogP contribution >= 0.6 is 15.9 Å². The van der Waals surface area contributed by atoms with Gasteiger partial charge in [0, 0.05) is 6.54 Å². The lowest BCUT2D eigenvalue weighted by molar-refractivity contribution is 0.235. The van der Waals surface area contributed by atoms with Gasteiger partial charge < -0.3 is 16.2 Å². The second kappa shape index (κ2) is 6.89. The fraction of sp³-hybridized carbons (Fsp3) is 0.714. The van der Waals surface area contributed by atoms with E-state index in [1.54, 1.807) is 6.20 Å². The van der Waals surface area contributed by atoms with Crippen molar-refractivity contribution in [2.75, 3.05) is 18.5 Å². The van der Waals surface area contributed by atoms with Crippen LogP contribution in [-0.2, 0) is 6.54 Å². The number of nitrogens with zero attached hydrogens (tertiary/aromatic N) is 2. The maximum Gasteiger partial charge on any atom is 0.283 e. The number of aliphatic hydroxyl groups excluding tert-OH is 1. The molecule has 0 amide bonds. The molecule has 1 aromatic heterocycles. The third kappa shape index (κ3) is 3.30. The Labute approximate surface area is 132 Å². The molecule has 0 aromatic carbocycles. The number of hydrogen-bond acceptors (Lipinski definition) is 5. The van der Waals surface area contributed by atoms with E-state index in [9.17, 15) is 4.79 Å². The maximum absolute atomic E-state index is 12.2. The summed E-state index contributed by atoms with van der Waals surface area (Å²) in [5.74, 6) is 0.447. The Morgan fingerprint density at radius 2 is 2.38 bits per heavy atom. The quantitative estimate of drug-likeness (QED) is 0.737. The average molecular weight is 359 g/mol. The Morgan fingerprint density at radius 1 is 1.62 bits per heavy atom. The topological polar surface area (TPSA) is 93.2 Å². The lowest BCUT2D eigenvalue weighted by Crippen LogP contribution is -2.52. The standard InChI is InChI=1S/C14H23BrN4O2/c1-10-4-2-3-5-14(10,9-16)18-11-8-17-19(6-7-20)13(21)12(11)15/h8,10,18,20H,2-7,9,16H2,1H3. The molecule has 0 spiro atoms. The van der Waals surface area contributed by atoms with Crippen LogP contribution in [0.3, 0.4) is 0 Å². The van der Waals surface area contributed by atoms with Crippen molar-refractivity contribution in [3.05, 3.63) is 21.0 Å². The molecule has 0 saturated heterocycles. The van der Waals surface area contributed by atoms with E-state index in [0.717, 1.165) is 19.3 Å². The van der Waals surface area contributed by atoms with Crippen LogP contribution < -0.4 is 16.6 Å². The Hall–Kier alpha value is -0.920. The molecule has 0 radical (unpaired) electrons. The Kier molecular flexibility index (Phi) is 5.40. The van der Waals surface area contributed by atoms with E-state index < -0.39 is 0 Å². The molecule has 1 heterocycles. The molecule has 1 aliphatic carbocycles. The first-order valence-electron chi connectivity index (χ1n) is 7.39. The van der Waals surface area contributed by atoms with E-state index in [2.05, 4.69) is 33.3 Å². The minimum absolute atomic E-state index is 0.115. The van der Waals surface area contributed by atoms with Gasteiger partial charge in [0.15, 0.2) is 0 Å². The minimum atomic E-state index is -0.246. The average Bonchev–Trinajstić information content (AvgIpc) is 2.49. The summed E-state index contributed by atoms with van der Waals surface area (Å²) >= 11 is 3.34. The summed E-state index contributed by atoms with van der Waals surface area (Å²) < 4.78 is 1.69. The van der Waals surface area contributed by atoms with Crippen LogP contribution in [0.5, 0.6) is 0 Å². The smallest absolute Gasteiger partial charge is 0.283 e. The van der Waals surface area contributed by atoms with Gasteiger partial charge in [-0.05, 0) is 34.7 Å². The van der Waals surface area contributed by atoms with Crippen molar-refractivity contribution < 1.29 is 5.11 Å². The normalized spacial score (nSPS) is 25.8. The number of hydrogen-bond donors (Lipinski definition) is 3. The highest BCUT2D eigenvalue weighted by Crippen LogP contribution is 2.36. The van der Waals surface area contributed by atoms with Crippen molar-refractivity contribution >= 4 is 21.6 Å². The number of rotatable bonds is 5. The molecule has 7 heteroatoms. The van der Waals surface area contributed by atoms with Crippen molar-refractivity contribution in [2.45, 2.75) is 44.7 Å². The number of nitrogens with one attached hydrogen (secondary N) is 1. The number of aliphatic hydroxyl groups is 1. The number of anilines is 1. The van der Waals surface area contributed by atoms with E-state index in [4.69, 9.17) is 10.8 Å². The second-order valence-corrected chi connectivity index (χ2v) is 6.55. The first-order valence-corrected chi connectivity index (χ1v) is 8.18. The van der Waals surface area contributed by atoms with Gasteiger partial charge in [0.25, 0.3) is 5.56 Å². The molecule has 4 N–H and O–H groups in total. The molecule has 6 nitrogen and oxygen atoms in total. The fourth-order valence-electron chi connectivity index (χ4n) is 3.03. The number of nitrogens with two attached hydrogens (primary N) is 1. The predicted molar refractivity (Wildman–Crippen MR) is 86.3 cm³/mol. The van der Waals surface area contributed by atoms with Gasteiger partial charge in [-0.1, -0.05) is 19.8 Å². The molecule has 118 valence electrons. The van der Waals surface area contributed by atoms with Crippen LogP contribution in [0.2, 0.25) is 0 Å². The lowest BCUT2D eigenvalue weighted by Gasteiger charge is -2.43. The van der Waals surface area contributed by atoms with Crippen LogP contribution in [-0.4, -0.2) is 33.6 Å². The monoisotopic (exact) mass is 358 g/mol. The summed E-state index contributed by atoms with van der Waals surface area (Å²) in [7, 11) is 0. The molecule has 1 aliphatic rings. The van der Waals surface area contributed by atoms with Crippen LogP contribution in [0.1, 0.15) is 32.6 Å². The van der Waals surface area contributed by atoms with Crippen molar-refractivity contribution in [3.8, 4) is 0 Å². The first-order chi connectivity index (χ1) is 10.0. The zero-order chi connectivity index (χ0) is 15.5. The Morgan fingerprint density at radius 3 is 3.00 bits per heavy atom. The summed E-state index contributed by atoms with van der Waals surface area (Å²) in [4.78, 5) is 12.2. The highest BCUT2D eigenvalue weighted by molar-refractivity contribution is 9.10. The molecule has 0 aliphatic heterocycles. The first kappa shape index (κ1) is 16.5. The highest BCUT2D eigenvalue weighted by Gasteiger charge is 2.37. The summed E-state index contributed by atoms with van der Waals surface area (Å²) in [6.45, 7) is 2.81. The van der Waals surface area contributed by atoms with Crippen molar-refractivity contribution in [1.29, 1.82) is 0 Å². The zero-order valence-corrected chi connectivity index (χ0v) is 13.9. The van der Waals surface area contributed by atoms with Gasteiger partial charge in [-0.3, -0.25) is 4.79 Å². The van der Waals surface area contributed by atoms with Gasteiger partial charge in [0.05, 0.1) is 30.6 Å². The van der Waals surface area contributed by atoms with Gasteiger partial charge in [-0.15, -0.1) is 0 Å². The van der Waals surface area contributed by atoms with Crippen LogP contribution in [0, 0.1) is 5.92 Å². The van der Waals surface area contributed by atoms with E-state index in [1.165, 1.54) is 11.1 Å². The Balaban J connectivity index is 2.30. The molecule has 1 aromatic rings. The minimum Gasteiger partial charge on any atom is -0.394 e. The molecule has 2 atom stereocenters. The summed E-state index contributed by atoms with van der Waals surface area (Å²) in [6, 6.07) is 0. The van der Waals surface area contributed by atoms with E-state index in [1.807, 2.05) is 0 Å². The molecule has 2 unspecified atom stereocenters. The third-order valence-electron chi connectivity index (χ3n) is 4.50. The molecule has 0 bridgehead atoms. The van der Waals surface area contributed by atoms with Crippen LogP contribution in [0.4, 0.5) is 5.69 Å². The molecular weight excluding hydrogens is 336 g/mol. The van der Waals surface area contributed by atoms with Crippen molar-refractivity contribution in [1.82, 2.24) is 9.78 Å². The van der Waals surface area contributed by atoms with E-state index in [0.29, 0.717) is 22.6 Å². The predicted octanol–water partition coefficient (Wildman–Crippen LogP) is 1.32. The van der Waals surface area contributed by atoms with Gasteiger partial charge in [-0.25, -0.2) is 4.68 Å². The van der Waals surface area contributed by atoms with Gasteiger partial charge in [0.2, 0.25) is 0 Å². The number of halogens is 1. The largest absolute Gasteiger partial charge is 0.394 e. The second-order valence-electron chi connectivity index (χ2n) is 5.76. The van der Waals surface area contributed by atoms with Crippen LogP contribution in [0.15, 0.2) is 15.5 Å². The number of aromatic nitrogens is 2. The Bertz CT molecular complexity index is 548. The van der Waals surface area contributed by atoms with Crippen molar-refractivity contribution in [3.63, 3.8) is 0 Å². The summed E-state index contributed by atoms with van der Waals surface area (Å²) in [6.07, 6.45) is 6.12. The third-order valence-corrected chi connectivity index (χ3v) is 5.26. The van der Waals surface area contributed by atoms with Gasteiger partial charge in [0.1, 0.15) is 4.47 Å². The summed E-state index contributed by atoms with van der Waals surface area (Å²) in [5.41, 5.74) is 6.27. The molecule has 21 heavy (non-hydrogen) atoms. The zero-order valence-electron chi connectivity index (χ0n) is 12.3. The van der Waals surface area contributed by atoms with Crippen molar-refractivity contribution in [2.24, 2.45) is 11.7 Å². The molecule has 1 saturated carbocycles. The van der Waals surface area contributed by atoms with Gasteiger partial charge in [-0.2, -0.15) is 5.10 Å². The maximum atomic E-state index is 12.2. The summed E-state index contributed by atoms with van der Waals surface area (Å²) in [5, 5.41) is 16.5. The lowest BCUT2D eigenvalue weighted by atomic mass is 9.73. The SMILES string of the molecule is CC1CCCCC1(CN)Nc1cnn(CCO)c(=O)c1Br. The highest BCUT2D eigenvalue weighted by atomic mass is 79.9. The van der Waals surface area contributed by atoms with Crippen LogP contribution in [0.25, 0.3) is 0 Å². The molecular formula is C14H23BrN4O2. The molecule has 1 fully saturated rings. The molecule has 2 rings (SSSR count). The fourth-order valence-corrected chi connectivity index (χ4v) is 3.43. The van der Waals surface area contributed by atoms with E-state index >= 15 is 0 Å².